The first-order valence-electron chi connectivity index (χ1n) is 12.8. The van der Waals surface area contributed by atoms with E-state index < -0.39 is 35.6 Å². The number of rotatable bonds is 6. The number of aromatic nitrogens is 3. The number of amides is 2. The van der Waals surface area contributed by atoms with Crippen molar-refractivity contribution in [2.45, 2.75) is 56.5 Å². The lowest BCUT2D eigenvalue weighted by Crippen LogP contribution is -2.67. The van der Waals surface area contributed by atoms with Crippen molar-refractivity contribution in [2.24, 2.45) is 0 Å². The number of likely N-dealkylation sites (tertiary alicyclic amines) is 2. The van der Waals surface area contributed by atoms with E-state index >= 15 is 4.39 Å². The van der Waals surface area contributed by atoms with Gasteiger partial charge < -0.3 is 20.7 Å². The Morgan fingerprint density at radius 2 is 2.08 bits per heavy atom. The van der Waals surface area contributed by atoms with Gasteiger partial charge >= 0.3 is 6.09 Å². The van der Waals surface area contributed by atoms with Crippen LogP contribution in [0.4, 0.5) is 19.4 Å². The second kappa shape index (κ2) is 10.0. The second-order valence-corrected chi connectivity index (χ2v) is 10.4. The van der Waals surface area contributed by atoms with Crippen molar-refractivity contribution in [3.8, 4) is 0 Å². The number of anilines is 1. The Bertz CT molecular complexity index is 1170. The molecule has 3 aliphatic rings. The van der Waals surface area contributed by atoms with Crippen molar-refractivity contribution >= 4 is 23.5 Å². The molecule has 13 heteroatoms. The van der Waals surface area contributed by atoms with Gasteiger partial charge in [-0.1, -0.05) is 13.3 Å². The third-order valence-corrected chi connectivity index (χ3v) is 7.78. The van der Waals surface area contributed by atoms with Gasteiger partial charge in [-0.25, -0.2) is 23.1 Å². The van der Waals surface area contributed by atoms with Crippen LogP contribution in [-0.4, -0.2) is 111 Å². The van der Waals surface area contributed by atoms with E-state index in [-0.39, 0.29) is 29.7 Å². The van der Waals surface area contributed by atoms with E-state index in [1.54, 1.807) is 11.9 Å². The quantitative estimate of drug-likeness (QED) is 0.585. The molecule has 2 aromatic rings. The molecule has 5 rings (SSSR count). The standard InChI is InChI=1S/C24H34F2N8O3/c1-3-4-7-32-12-16(26)19(33-8-5-24(6-9-33)14-31(2)23(36)37-24)17(13-32)29-22(35)18-20(27)30-34-11-15(25)10-28-21(18)34/h10-11,16-17,19H,3-9,12-14H2,1-2H3,(H2,27,30)(H,29,35). The third-order valence-electron chi connectivity index (χ3n) is 7.78. The molecule has 3 aliphatic heterocycles. The molecule has 3 saturated heterocycles. The molecule has 1 spiro atoms. The number of fused-ring (bicyclic) bond motifs is 1. The highest BCUT2D eigenvalue weighted by molar-refractivity contribution is 6.04. The number of unbranched alkanes of at least 4 members (excludes halogenated alkanes) is 1. The van der Waals surface area contributed by atoms with Gasteiger partial charge in [0.1, 0.15) is 17.3 Å². The first-order chi connectivity index (χ1) is 17.7. The minimum atomic E-state index is -1.19. The minimum absolute atomic E-state index is 0.0401. The third kappa shape index (κ3) is 4.93. The van der Waals surface area contributed by atoms with Gasteiger partial charge in [-0.05, 0) is 13.0 Å². The fourth-order valence-corrected chi connectivity index (χ4v) is 5.92. The van der Waals surface area contributed by atoms with Gasteiger partial charge in [-0.15, -0.1) is 5.10 Å². The normalized spacial score (nSPS) is 26.6. The fourth-order valence-electron chi connectivity index (χ4n) is 5.92. The van der Waals surface area contributed by atoms with Crippen LogP contribution in [0.5, 0.6) is 0 Å². The molecule has 0 saturated carbocycles. The summed E-state index contributed by atoms with van der Waals surface area (Å²) in [5.41, 5.74) is 5.63. The van der Waals surface area contributed by atoms with E-state index in [4.69, 9.17) is 10.5 Å². The van der Waals surface area contributed by atoms with Crippen LogP contribution in [-0.2, 0) is 4.74 Å². The number of alkyl halides is 1. The van der Waals surface area contributed by atoms with Crippen LogP contribution < -0.4 is 11.1 Å². The van der Waals surface area contributed by atoms with E-state index in [1.807, 2.05) is 4.90 Å². The molecule has 0 aliphatic carbocycles. The number of halogens is 2. The molecule has 3 atom stereocenters. The van der Waals surface area contributed by atoms with Crippen LogP contribution in [0.25, 0.3) is 5.65 Å². The van der Waals surface area contributed by atoms with Crippen LogP contribution >= 0.6 is 0 Å². The molecule has 202 valence electrons. The summed E-state index contributed by atoms with van der Waals surface area (Å²) >= 11 is 0. The summed E-state index contributed by atoms with van der Waals surface area (Å²) < 4.78 is 36.2. The molecular formula is C24H34F2N8O3. The monoisotopic (exact) mass is 520 g/mol. The maximum absolute atomic E-state index is 15.8. The van der Waals surface area contributed by atoms with Crippen LogP contribution in [0, 0.1) is 5.82 Å². The van der Waals surface area contributed by atoms with Gasteiger partial charge in [0.2, 0.25) is 0 Å². The fraction of sp³-hybridized carbons (Fsp3) is 0.667. The summed E-state index contributed by atoms with van der Waals surface area (Å²) in [4.78, 5) is 35.1. The van der Waals surface area contributed by atoms with Crippen LogP contribution in [0.2, 0.25) is 0 Å². The SMILES string of the molecule is CCCCN1CC(F)C(N2CCC3(CC2)CN(C)C(=O)O3)C(NC(=O)c2c(N)nn3cc(F)cnc23)C1. The molecule has 3 fully saturated rings. The van der Waals surface area contributed by atoms with E-state index in [0.29, 0.717) is 39.0 Å². The van der Waals surface area contributed by atoms with Crippen LogP contribution in [0.15, 0.2) is 12.4 Å². The minimum Gasteiger partial charge on any atom is -0.441 e. The summed E-state index contributed by atoms with van der Waals surface area (Å²) in [6.45, 7) is 5.21. The molecular weight excluding hydrogens is 486 g/mol. The topological polar surface area (TPSA) is 121 Å². The Morgan fingerprint density at radius 1 is 1.32 bits per heavy atom. The number of hydrogen-bond donors (Lipinski definition) is 2. The highest BCUT2D eigenvalue weighted by Gasteiger charge is 2.49. The van der Waals surface area contributed by atoms with Gasteiger partial charge in [-0.2, -0.15) is 0 Å². The zero-order chi connectivity index (χ0) is 26.3. The number of likely N-dealkylation sites (N-methyl/N-ethyl adjacent to an activating group) is 1. The van der Waals surface area contributed by atoms with Gasteiger partial charge in [0.25, 0.3) is 5.91 Å². The lowest BCUT2D eigenvalue weighted by Gasteiger charge is -2.48. The number of ether oxygens (including phenoxy) is 1. The average molecular weight is 521 g/mol. The van der Waals surface area contributed by atoms with Crippen molar-refractivity contribution in [1.29, 1.82) is 0 Å². The lowest BCUT2D eigenvalue weighted by molar-refractivity contribution is -0.0460. The van der Waals surface area contributed by atoms with E-state index in [1.165, 1.54) is 0 Å². The van der Waals surface area contributed by atoms with Crippen molar-refractivity contribution in [3.63, 3.8) is 0 Å². The Balaban J connectivity index is 1.36. The van der Waals surface area contributed by atoms with Crippen molar-refractivity contribution < 1.29 is 23.1 Å². The molecule has 11 nitrogen and oxygen atoms in total. The number of nitrogens with one attached hydrogen (secondary N) is 1. The Labute approximate surface area is 213 Å². The van der Waals surface area contributed by atoms with Gasteiger partial charge in [0.05, 0.1) is 31.0 Å². The van der Waals surface area contributed by atoms with Crippen LogP contribution in [0.3, 0.4) is 0 Å². The first-order valence-corrected chi connectivity index (χ1v) is 12.8. The van der Waals surface area contributed by atoms with Gasteiger partial charge in [-0.3, -0.25) is 14.6 Å². The molecule has 3 unspecified atom stereocenters. The van der Waals surface area contributed by atoms with Gasteiger partial charge in [0.15, 0.2) is 17.3 Å². The highest BCUT2D eigenvalue weighted by Crippen LogP contribution is 2.35. The molecule has 0 bridgehead atoms. The Hall–Kier alpha value is -3.06. The maximum atomic E-state index is 15.8. The molecule has 0 radical (unpaired) electrons. The molecule has 5 heterocycles. The van der Waals surface area contributed by atoms with Crippen molar-refractivity contribution in [3.05, 3.63) is 23.8 Å². The largest absolute Gasteiger partial charge is 0.441 e. The second-order valence-electron chi connectivity index (χ2n) is 10.4. The van der Waals surface area contributed by atoms with E-state index in [0.717, 1.165) is 36.3 Å². The summed E-state index contributed by atoms with van der Waals surface area (Å²) in [6, 6.07) is -1.08. The number of carbonyl (C=O) groups is 2. The number of hydrogen-bond acceptors (Lipinski definition) is 8. The molecule has 0 aromatic carbocycles. The Kier molecular flexibility index (Phi) is 6.92. The number of nitrogens with zero attached hydrogens (tertiary/aromatic N) is 6. The number of piperidine rings is 2. The zero-order valence-electron chi connectivity index (χ0n) is 21.2. The molecule has 3 N–H and O–H groups in total. The predicted molar refractivity (Wildman–Crippen MR) is 131 cm³/mol. The summed E-state index contributed by atoms with van der Waals surface area (Å²) in [6.07, 6.45) is 3.69. The molecule has 2 amide bonds. The predicted octanol–water partition coefficient (Wildman–Crippen LogP) is 1.29. The summed E-state index contributed by atoms with van der Waals surface area (Å²) in [5, 5.41) is 7.02. The molecule has 37 heavy (non-hydrogen) atoms. The van der Waals surface area contributed by atoms with Crippen molar-refractivity contribution in [2.75, 3.05) is 52.0 Å². The number of nitrogens with two attached hydrogens (primary N) is 1. The summed E-state index contributed by atoms with van der Waals surface area (Å²) in [7, 11) is 1.72. The lowest BCUT2D eigenvalue weighted by atomic mass is 9.87. The van der Waals surface area contributed by atoms with Crippen molar-refractivity contribution in [1.82, 2.24) is 34.6 Å². The maximum Gasteiger partial charge on any atom is 0.410 e. The smallest absolute Gasteiger partial charge is 0.410 e. The first kappa shape index (κ1) is 25.6. The van der Waals surface area contributed by atoms with E-state index in [2.05, 4.69) is 27.2 Å². The average Bonchev–Trinajstić information content (AvgIpc) is 3.32. The van der Waals surface area contributed by atoms with Crippen LogP contribution in [0.1, 0.15) is 43.0 Å². The number of carbonyl (C=O) groups excluding carboxylic acids is 2. The van der Waals surface area contributed by atoms with E-state index in [9.17, 15) is 14.0 Å². The number of nitrogen functional groups attached to an aromatic ring is 1. The Morgan fingerprint density at radius 3 is 2.76 bits per heavy atom. The summed E-state index contributed by atoms with van der Waals surface area (Å²) in [5.74, 6) is -1.20. The van der Waals surface area contributed by atoms with Gasteiger partial charge in [0, 0.05) is 46.1 Å². The highest BCUT2D eigenvalue weighted by atomic mass is 19.1. The molecule has 2 aromatic heterocycles. The zero-order valence-corrected chi connectivity index (χ0v) is 21.2.